The number of halogens is 2. The van der Waals surface area contributed by atoms with Crippen molar-refractivity contribution >= 4 is 49.9 Å². The molecule has 4 atom stereocenters. The summed E-state index contributed by atoms with van der Waals surface area (Å²) in [5, 5.41) is 5.28. The van der Waals surface area contributed by atoms with Crippen LogP contribution in [0.2, 0.25) is 0 Å². The molecule has 4 rings (SSSR count). The summed E-state index contributed by atoms with van der Waals surface area (Å²) in [7, 11) is 0. The number of carbonyl (C=O) groups excluding carboxylic acids is 2. The molecule has 0 radical (unpaired) electrons. The molecule has 1 heterocycles. The fourth-order valence-corrected chi connectivity index (χ4v) is 5.29. The first-order valence-electron chi connectivity index (χ1n) is 9.46. The Morgan fingerprint density at radius 3 is 2.41 bits per heavy atom. The number of hydrogen-bond donors (Lipinski definition) is 0. The molecule has 1 saturated carbocycles. The van der Waals surface area contributed by atoms with Gasteiger partial charge in [0.25, 0.3) is 11.8 Å². The van der Waals surface area contributed by atoms with Gasteiger partial charge in [-0.05, 0) is 63.1 Å². The summed E-state index contributed by atoms with van der Waals surface area (Å²) in [5.41, 5.74) is 0.657. The van der Waals surface area contributed by atoms with Crippen molar-refractivity contribution in [3.05, 3.63) is 45.4 Å². The highest BCUT2D eigenvalue weighted by Crippen LogP contribution is 2.52. The molecule has 2 fully saturated rings. The van der Waals surface area contributed by atoms with E-state index >= 15 is 0 Å². The predicted octanol–water partition coefficient (Wildman–Crippen LogP) is 4.32. The van der Waals surface area contributed by atoms with Gasteiger partial charge in [-0.1, -0.05) is 24.8 Å². The second-order valence-electron chi connectivity index (χ2n) is 7.19. The molecule has 0 spiro atoms. The molecule has 29 heavy (non-hydrogen) atoms. The molecule has 1 aromatic carbocycles. The van der Waals surface area contributed by atoms with Crippen molar-refractivity contribution in [1.82, 2.24) is 5.01 Å². The van der Waals surface area contributed by atoms with Gasteiger partial charge < -0.3 is 9.47 Å². The van der Waals surface area contributed by atoms with Crippen LogP contribution in [0.3, 0.4) is 0 Å². The number of hydrazone groups is 1. The fraction of sp³-hybridized carbons (Fsp3) is 0.381. The molecule has 152 valence electrons. The van der Waals surface area contributed by atoms with Crippen LogP contribution in [-0.2, 0) is 9.59 Å². The molecule has 1 aromatic rings. The summed E-state index contributed by atoms with van der Waals surface area (Å²) < 4.78 is 12.7. The summed E-state index contributed by atoms with van der Waals surface area (Å²) in [4.78, 5) is 25.6. The fourth-order valence-electron chi connectivity index (χ4n) is 4.36. The number of benzene rings is 1. The molecule has 6 nitrogen and oxygen atoms in total. The number of allylic oxidation sites excluding steroid dienone is 2. The SMILES string of the molecule is C=CCOc1c(OCC)cc(C=NN2C(=O)[C@@H]3[C@H](C2=O)[C@H]2C=C[C@H]3C2)c(Br)c1Br. The minimum atomic E-state index is -0.265. The molecular weight excluding hydrogens is 504 g/mol. The third-order valence-electron chi connectivity index (χ3n) is 5.56. The Bertz CT molecular complexity index is 913. The van der Waals surface area contributed by atoms with E-state index in [2.05, 4.69) is 55.7 Å². The highest BCUT2D eigenvalue weighted by atomic mass is 79.9. The molecule has 2 amide bonds. The lowest BCUT2D eigenvalue weighted by Gasteiger charge is -2.16. The average Bonchev–Trinajstić information content (AvgIpc) is 3.38. The molecule has 3 aliphatic rings. The van der Waals surface area contributed by atoms with Crippen LogP contribution in [0.4, 0.5) is 0 Å². The van der Waals surface area contributed by atoms with E-state index in [-0.39, 0.29) is 35.5 Å². The van der Waals surface area contributed by atoms with E-state index in [0.717, 1.165) is 11.4 Å². The zero-order chi connectivity index (χ0) is 20.7. The zero-order valence-electron chi connectivity index (χ0n) is 15.8. The summed E-state index contributed by atoms with van der Waals surface area (Å²) >= 11 is 7.05. The van der Waals surface area contributed by atoms with Crippen LogP contribution in [0.1, 0.15) is 18.9 Å². The molecule has 2 aliphatic carbocycles. The van der Waals surface area contributed by atoms with Crippen LogP contribution in [0.15, 0.2) is 44.9 Å². The molecule has 0 aromatic heterocycles. The number of ether oxygens (including phenoxy) is 2. The van der Waals surface area contributed by atoms with Crippen LogP contribution < -0.4 is 9.47 Å². The van der Waals surface area contributed by atoms with Crippen molar-refractivity contribution in [2.75, 3.05) is 13.2 Å². The summed E-state index contributed by atoms with van der Waals surface area (Å²) in [6, 6.07) is 1.76. The monoisotopic (exact) mass is 522 g/mol. The van der Waals surface area contributed by atoms with Gasteiger partial charge in [-0.2, -0.15) is 10.1 Å². The number of carbonyl (C=O) groups is 2. The third kappa shape index (κ3) is 3.36. The van der Waals surface area contributed by atoms with Gasteiger partial charge in [-0.25, -0.2) is 0 Å². The number of imide groups is 1. The molecule has 2 bridgehead atoms. The normalized spacial score (nSPS) is 27.2. The van der Waals surface area contributed by atoms with Crippen molar-refractivity contribution in [3.8, 4) is 11.5 Å². The summed E-state index contributed by atoms with van der Waals surface area (Å²) in [5.74, 6) is 0.447. The van der Waals surface area contributed by atoms with Crippen LogP contribution in [0.25, 0.3) is 0 Å². The number of nitrogens with zero attached hydrogens (tertiary/aromatic N) is 2. The van der Waals surface area contributed by atoms with Gasteiger partial charge in [-0.3, -0.25) is 9.59 Å². The molecule has 0 N–H and O–H groups in total. The van der Waals surface area contributed by atoms with E-state index in [1.165, 1.54) is 6.21 Å². The molecule has 1 aliphatic heterocycles. The van der Waals surface area contributed by atoms with Crippen LogP contribution in [0.5, 0.6) is 11.5 Å². The van der Waals surface area contributed by atoms with Gasteiger partial charge in [0, 0.05) is 10.0 Å². The Kier molecular flexibility index (Phi) is 5.66. The van der Waals surface area contributed by atoms with Gasteiger partial charge in [0.05, 0.1) is 29.1 Å². The largest absolute Gasteiger partial charge is 0.490 e. The number of hydrogen-bond acceptors (Lipinski definition) is 5. The van der Waals surface area contributed by atoms with E-state index in [1.807, 2.05) is 6.92 Å². The van der Waals surface area contributed by atoms with Crippen molar-refractivity contribution in [1.29, 1.82) is 0 Å². The van der Waals surface area contributed by atoms with E-state index < -0.39 is 0 Å². The van der Waals surface area contributed by atoms with Crippen LogP contribution >= 0.6 is 31.9 Å². The lowest BCUT2D eigenvalue weighted by molar-refractivity contribution is -0.140. The zero-order valence-corrected chi connectivity index (χ0v) is 19.0. The maximum Gasteiger partial charge on any atom is 0.254 e. The topological polar surface area (TPSA) is 68.2 Å². The smallest absolute Gasteiger partial charge is 0.254 e. The Morgan fingerprint density at radius 2 is 1.83 bits per heavy atom. The first kappa shape index (κ1) is 20.3. The van der Waals surface area contributed by atoms with Crippen LogP contribution in [-0.4, -0.2) is 36.3 Å². The predicted molar refractivity (Wildman–Crippen MR) is 116 cm³/mol. The Balaban J connectivity index is 1.62. The lowest BCUT2D eigenvalue weighted by atomic mass is 9.85. The Morgan fingerprint density at radius 1 is 1.17 bits per heavy atom. The second kappa shape index (κ2) is 8.07. The quantitative estimate of drug-likeness (QED) is 0.303. The first-order chi connectivity index (χ1) is 14.0. The minimum Gasteiger partial charge on any atom is -0.490 e. The van der Waals surface area contributed by atoms with Crippen molar-refractivity contribution < 1.29 is 19.1 Å². The molecular formula is C21H20Br2N2O4. The minimum absolute atomic E-state index is 0.161. The highest BCUT2D eigenvalue weighted by Gasteiger charge is 2.59. The molecule has 8 heteroatoms. The maximum atomic E-state index is 12.8. The Labute approximate surface area is 185 Å². The highest BCUT2D eigenvalue weighted by molar-refractivity contribution is 9.13. The van der Waals surface area contributed by atoms with Crippen molar-refractivity contribution in [2.45, 2.75) is 13.3 Å². The number of amides is 2. The van der Waals surface area contributed by atoms with Crippen LogP contribution in [0, 0.1) is 23.7 Å². The third-order valence-corrected chi connectivity index (χ3v) is 7.70. The first-order valence-corrected chi connectivity index (χ1v) is 11.0. The second-order valence-corrected chi connectivity index (χ2v) is 8.77. The Hall–Kier alpha value is -1.93. The van der Waals surface area contributed by atoms with Crippen molar-refractivity contribution in [2.24, 2.45) is 28.8 Å². The van der Waals surface area contributed by atoms with E-state index in [1.54, 1.807) is 12.1 Å². The van der Waals surface area contributed by atoms with Gasteiger partial charge in [0.1, 0.15) is 6.61 Å². The molecule has 0 unspecified atom stereocenters. The van der Waals surface area contributed by atoms with Crippen molar-refractivity contribution in [3.63, 3.8) is 0 Å². The van der Waals surface area contributed by atoms with Gasteiger partial charge in [0.2, 0.25) is 0 Å². The van der Waals surface area contributed by atoms with E-state index in [9.17, 15) is 9.59 Å². The number of rotatable bonds is 7. The van der Waals surface area contributed by atoms with Gasteiger partial charge in [0.15, 0.2) is 11.5 Å². The number of fused-ring (bicyclic) bond motifs is 5. The summed E-state index contributed by atoms with van der Waals surface area (Å²) in [6.45, 7) is 6.32. The van der Waals surface area contributed by atoms with E-state index in [4.69, 9.17) is 9.47 Å². The van der Waals surface area contributed by atoms with Gasteiger partial charge >= 0.3 is 0 Å². The standard InChI is InChI=1S/C21H20Br2N2O4/c1-3-7-29-19-14(28-4-2)9-13(17(22)18(19)23)10-24-25-20(26)15-11-5-6-12(8-11)16(15)21(25)27/h3,5-6,9-12,15-16H,1,4,7-8H2,2H3/t11-,12-,15-,16+/m0/s1. The average molecular weight is 524 g/mol. The summed E-state index contributed by atoms with van der Waals surface area (Å²) in [6.07, 6.45) is 8.17. The van der Waals surface area contributed by atoms with Gasteiger partial charge in [-0.15, -0.1) is 0 Å². The molecule has 1 saturated heterocycles. The van der Waals surface area contributed by atoms with E-state index in [0.29, 0.717) is 39.2 Å². The maximum absolute atomic E-state index is 12.8. The lowest BCUT2D eigenvalue weighted by Crippen LogP contribution is -2.28.